The third kappa shape index (κ3) is 2.25. The van der Waals surface area contributed by atoms with E-state index in [4.69, 9.17) is 0 Å². The van der Waals surface area contributed by atoms with Crippen molar-refractivity contribution in [1.29, 1.82) is 0 Å². The standard InChI is InChI=1S/C15H16O/c1-11-5-3-4-6-14(11)10-13-7-8-15(16)12(2)9-13/h3-9,16H,10H2,1-2H3. The average molecular weight is 212 g/mol. The molecule has 16 heavy (non-hydrogen) atoms. The highest BCUT2D eigenvalue weighted by molar-refractivity contribution is 5.38. The minimum absolute atomic E-state index is 0.369. The highest BCUT2D eigenvalue weighted by atomic mass is 16.3. The monoisotopic (exact) mass is 212 g/mol. The molecule has 0 fully saturated rings. The van der Waals surface area contributed by atoms with Gasteiger partial charge in [0.25, 0.3) is 0 Å². The van der Waals surface area contributed by atoms with Crippen molar-refractivity contribution in [3.8, 4) is 5.75 Å². The van der Waals surface area contributed by atoms with E-state index >= 15 is 0 Å². The third-order valence-electron chi connectivity index (χ3n) is 2.92. The Bertz CT molecular complexity index is 501. The Morgan fingerprint density at radius 2 is 1.69 bits per heavy atom. The first kappa shape index (κ1) is 10.7. The molecule has 2 aromatic carbocycles. The first-order valence-corrected chi connectivity index (χ1v) is 5.50. The van der Waals surface area contributed by atoms with Crippen LogP contribution in [0.5, 0.6) is 5.75 Å². The number of phenolic OH excluding ortho intramolecular Hbond substituents is 1. The topological polar surface area (TPSA) is 20.2 Å². The van der Waals surface area contributed by atoms with E-state index in [1.807, 2.05) is 19.1 Å². The van der Waals surface area contributed by atoms with Crippen LogP contribution >= 0.6 is 0 Å². The van der Waals surface area contributed by atoms with Gasteiger partial charge in [-0.1, -0.05) is 36.4 Å². The van der Waals surface area contributed by atoms with Crippen molar-refractivity contribution >= 4 is 0 Å². The summed E-state index contributed by atoms with van der Waals surface area (Å²) in [6, 6.07) is 14.2. The molecule has 0 saturated heterocycles. The minimum Gasteiger partial charge on any atom is -0.508 e. The van der Waals surface area contributed by atoms with E-state index in [-0.39, 0.29) is 0 Å². The molecule has 0 aliphatic rings. The van der Waals surface area contributed by atoms with E-state index in [1.165, 1.54) is 16.7 Å². The van der Waals surface area contributed by atoms with Crippen molar-refractivity contribution in [2.45, 2.75) is 20.3 Å². The van der Waals surface area contributed by atoms with Crippen LogP contribution < -0.4 is 0 Å². The summed E-state index contributed by atoms with van der Waals surface area (Å²) in [6.45, 7) is 4.05. The summed E-state index contributed by atoms with van der Waals surface area (Å²) in [4.78, 5) is 0. The third-order valence-corrected chi connectivity index (χ3v) is 2.92. The highest BCUT2D eigenvalue weighted by Crippen LogP contribution is 2.20. The lowest BCUT2D eigenvalue weighted by Crippen LogP contribution is -1.91. The van der Waals surface area contributed by atoms with Gasteiger partial charge in [-0.15, -0.1) is 0 Å². The fraction of sp³-hybridized carbons (Fsp3) is 0.200. The molecule has 0 unspecified atom stereocenters. The Kier molecular flexibility index (Phi) is 2.95. The first-order valence-electron chi connectivity index (χ1n) is 5.50. The molecule has 1 heteroatoms. The second kappa shape index (κ2) is 4.40. The summed E-state index contributed by atoms with van der Waals surface area (Å²) >= 11 is 0. The van der Waals surface area contributed by atoms with Crippen LogP contribution in [0, 0.1) is 13.8 Å². The molecule has 0 aliphatic carbocycles. The molecule has 0 radical (unpaired) electrons. The lowest BCUT2D eigenvalue weighted by atomic mass is 9.99. The zero-order valence-corrected chi connectivity index (χ0v) is 9.70. The Hall–Kier alpha value is -1.76. The van der Waals surface area contributed by atoms with Gasteiger partial charge in [0.05, 0.1) is 0 Å². The predicted octanol–water partition coefficient (Wildman–Crippen LogP) is 3.60. The number of rotatable bonds is 2. The molecule has 0 aliphatic heterocycles. The molecule has 0 spiro atoms. The molecule has 2 aromatic rings. The van der Waals surface area contributed by atoms with Crippen molar-refractivity contribution in [1.82, 2.24) is 0 Å². The summed E-state index contributed by atoms with van der Waals surface area (Å²) in [6.07, 6.45) is 0.924. The fourth-order valence-corrected chi connectivity index (χ4v) is 1.86. The van der Waals surface area contributed by atoms with E-state index < -0.39 is 0 Å². The maximum absolute atomic E-state index is 9.46. The molecule has 0 aromatic heterocycles. The van der Waals surface area contributed by atoms with Crippen LogP contribution in [0.1, 0.15) is 22.3 Å². The van der Waals surface area contributed by atoms with Gasteiger partial charge in [0.15, 0.2) is 0 Å². The molecule has 82 valence electrons. The van der Waals surface area contributed by atoms with Gasteiger partial charge in [-0.25, -0.2) is 0 Å². The summed E-state index contributed by atoms with van der Waals surface area (Å²) in [5, 5.41) is 9.46. The van der Waals surface area contributed by atoms with E-state index in [2.05, 4.69) is 31.2 Å². The van der Waals surface area contributed by atoms with Crippen LogP contribution in [-0.4, -0.2) is 5.11 Å². The Labute approximate surface area is 96.4 Å². The molecule has 1 N–H and O–H groups in total. The molecule has 0 amide bonds. The largest absolute Gasteiger partial charge is 0.508 e. The number of aromatic hydroxyl groups is 1. The molecule has 0 atom stereocenters. The van der Waals surface area contributed by atoms with E-state index in [1.54, 1.807) is 6.07 Å². The smallest absolute Gasteiger partial charge is 0.118 e. The van der Waals surface area contributed by atoms with Gasteiger partial charge >= 0.3 is 0 Å². The van der Waals surface area contributed by atoms with Crippen LogP contribution in [-0.2, 0) is 6.42 Å². The Balaban J connectivity index is 2.28. The van der Waals surface area contributed by atoms with E-state index in [0.29, 0.717) is 5.75 Å². The van der Waals surface area contributed by atoms with Crippen LogP contribution in [0.15, 0.2) is 42.5 Å². The van der Waals surface area contributed by atoms with Crippen molar-refractivity contribution in [3.63, 3.8) is 0 Å². The molecule has 1 nitrogen and oxygen atoms in total. The SMILES string of the molecule is Cc1cc(Cc2ccccc2C)ccc1O. The van der Waals surface area contributed by atoms with Crippen molar-refractivity contribution in [3.05, 3.63) is 64.7 Å². The Morgan fingerprint density at radius 3 is 2.38 bits per heavy atom. The normalized spacial score (nSPS) is 10.4. The number of aryl methyl sites for hydroxylation is 2. The second-order valence-electron chi connectivity index (χ2n) is 4.22. The van der Waals surface area contributed by atoms with Gasteiger partial charge < -0.3 is 5.11 Å². The summed E-state index contributed by atoms with van der Waals surface area (Å²) < 4.78 is 0. The lowest BCUT2D eigenvalue weighted by molar-refractivity contribution is 0.471. The van der Waals surface area contributed by atoms with Crippen LogP contribution in [0.4, 0.5) is 0 Å². The van der Waals surface area contributed by atoms with Crippen LogP contribution in [0.2, 0.25) is 0 Å². The molecular weight excluding hydrogens is 196 g/mol. The van der Waals surface area contributed by atoms with Gasteiger partial charge in [-0.05, 0) is 48.6 Å². The molecular formula is C15H16O. The lowest BCUT2D eigenvalue weighted by Gasteiger charge is -2.07. The number of hydrogen-bond donors (Lipinski definition) is 1. The molecule has 0 saturated carbocycles. The Morgan fingerprint density at radius 1 is 0.938 bits per heavy atom. The number of hydrogen-bond acceptors (Lipinski definition) is 1. The van der Waals surface area contributed by atoms with Crippen LogP contribution in [0.3, 0.4) is 0 Å². The summed E-state index contributed by atoms with van der Waals surface area (Å²) in [5.74, 6) is 0.369. The van der Waals surface area contributed by atoms with Gasteiger partial charge in [0.2, 0.25) is 0 Å². The summed E-state index contributed by atoms with van der Waals surface area (Å²) in [5.41, 5.74) is 4.83. The molecule has 0 heterocycles. The quantitative estimate of drug-likeness (QED) is 0.806. The van der Waals surface area contributed by atoms with Gasteiger partial charge in [-0.3, -0.25) is 0 Å². The predicted molar refractivity (Wildman–Crippen MR) is 66.8 cm³/mol. The first-order chi connectivity index (χ1) is 7.66. The average Bonchev–Trinajstić information content (AvgIpc) is 2.27. The zero-order valence-electron chi connectivity index (χ0n) is 9.70. The number of benzene rings is 2. The van der Waals surface area contributed by atoms with Gasteiger partial charge in [0, 0.05) is 0 Å². The number of phenols is 1. The van der Waals surface area contributed by atoms with Crippen molar-refractivity contribution in [2.75, 3.05) is 0 Å². The van der Waals surface area contributed by atoms with E-state index in [0.717, 1.165) is 12.0 Å². The summed E-state index contributed by atoms with van der Waals surface area (Å²) in [7, 11) is 0. The van der Waals surface area contributed by atoms with Crippen molar-refractivity contribution in [2.24, 2.45) is 0 Å². The van der Waals surface area contributed by atoms with Crippen LogP contribution in [0.25, 0.3) is 0 Å². The molecule has 2 rings (SSSR count). The van der Waals surface area contributed by atoms with Gasteiger partial charge in [0.1, 0.15) is 5.75 Å². The fourth-order valence-electron chi connectivity index (χ4n) is 1.86. The highest BCUT2D eigenvalue weighted by Gasteiger charge is 2.01. The molecule has 0 bridgehead atoms. The van der Waals surface area contributed by atoms with Gasteiger partial charge in [-0.2, -0.15) is 0 Å². The maximum atomic E-state index is 9.46. The van der Waals surface area contributed by atoms with E-state index in [9.17, 15) is 5.11 Å². The minimum atomic E-state index is 0.369. The maximum Gasteiger partial charge on any atom is 0.118 e. The second-order valence-corrected chi connectivity index (χ2v) is 4.22. The zero-order chi connectivity index (χ0) is 11.5. The van der Waals surface area contributed by atoms with Crippen molar-refractivity contribution < 1.29 is 5.11 Å².